The van der Waals surface area contributed by atoms with Crippen LogP contribution in [0.5, 0.6) is 5.75 Å². The summed E-state index contributed by atoms with van der Waals surface area (Å²) >= 11 is 1.38. The molecular formula is C16H17N3O3S. The minimum Gasteiger partial charge on any atom is -0.497 e. The van der Waals surface area contributed by atoms with Gasteiger partial charge in [-0.15, -0.1) is 11.8 Å². The number of nitrogens with zero attached hydrogens (tertiary/aromatic N) is 2. The lowest BCUT2D eigenvalue weighted by Gasteiger charge is -2.24. The van der Waals surface area contributed by atoms with Crippen LogP contribution in [0.25, 0.3) is 0 Å². The number of hydrogen-bond donors (Lipinski definition) is 1. The zero-order chi connectivity index (χ0) is 16.6. The molecule has 3 rings (SSSR count). The molecule has 1 amide bonds. The van der Waals surface area contributed by atoms with Crippen LogP contribution in [0, 0.1) is 13.8 Å². The van der Waals surface area contributed by atoms with Gasteiger partial charge in [0.2, 0.25) is 11.8 Å². The lowest BCUT2D eigenvalue weighted by molar-refractivity contribution is -0.115. The Labute approximate surface area is 138 Å². The summed E-state index contributed by atoms with van der Waals surface area (Å²) in [7, 11) is 1.59. The average molecular weight is 331 g/mol. The zero-order valence-corrected chi connectivity index (χ0v) is 13.9. The number of benzene rings is 1. The standard InChI is InChI=1S/C16H17N3O3S/c1-9-6-10(2)19(18-9)15(20)8-14-16(21)17-12-5-4-11(22-3)7-13(12)23-14/h4-7,14H,8H2,1-3H3,(H,17,21). The summed E-state index contributed by atoms with van der Waals surface area (Å²) in [5, 5.41) is 6.54. The van der Waals surface area contributed by atoms with Crippen molar-refractivity contribution in [2.45, 2.75) is 30.4 Å². The molecule has 23 heavy (non-hydrogen) atoms. The monoisotopic (exact) mass is 331 g/mol. The summed E-state index contributed by atoms with van der Waals surface area (Å²) in [6.45, 7) is 3.66. The summed E-state index contributed by atoms with van der Waals surface area (Å²) < 4.78 is 6.57. The molecule has 0 radical (unpaired) electrons. The number of hydrogen-bond acceptors (Lipinski definition) is 5. The molecule has 1 unspecified atom stereocenters. The van der Waals surface area contributed by atoms with E-state index in [0.717, 1.165) is 27.7 Å². The van der Waals surface area contributed by atoms with E-state index in [1.165, 1.54) is 16.4 Å². The quantitative estimate of drug-likeness (QED) is 0.936. The number of carbonyl (C=O) groups is 2. The number of aryl methyl sites for hydroxylation is 2. The number of ether oxygens (including phenoxy) is 1. The van der Waals surface area contributed by atoms with Crippen LogP contribution in [0.1, 0.15) is 22.6 Å². The summed E-state index contributed by atoms with van der Waals surface area (Å²) in [4.78, 5) is 25.5. The predicted octanol–water partition coefficient (Wildman–Crippen LogP) is 2.65. The molecule has 6 nitrogen and oxygen atoms in total. The fourth-order valence-corrected chi connectivity index (χ4v) is 3.64. The highest BCUT2D eigenvalue weighted by molar-refractivity contribution is 8.01. The molecule has 0 spiro atoms. The fourth-order valence-electron chi connectivity index (χ4n) is 2.51. The predicted molar refractivity (Wildman–Crippen MR) is 88.2 cm³/mol. The number of rotatable bonds is 3. The third-order valence-corrected chi connectivity index (χ3v) is 4.87. The summed E-state index contributed by atoms with van der Waals surface area (Å²) in [6, 6.07) is 7.30. The Hall–Kier alpha value is -2.28. The number of carbonyl (C=O) groups excluding carboxylic acids is 2. The van der Waals surface area contributed by atoms with Crippen LogP contribution in [0.2, 0.25) is 0 Å². The molecule has 1 N–H and O–H groups in total. The van der Waals surface area contributed by atoms with Crippen molar-refractivity contribution in [1.82, 2.24) is 9.78 Å². The van der Waals surface area contributed by atoms with Crippen molar-refractivity contribution in [2.75, 3.05) is 12.4 Å². The molecule has 0 saturated carbocycles. The van der Waals surface area contributed by atoms with Crippen LogP contribution < -0.4 is 10.1 Å². The van der Waals surface area contributed by atoms with Gasteiger partial charge in [-0.25, -0.2) is 4.68 Å². The SMILES string of the molecule is COc1ccc2c(c1)SC(CC(=O)n1nc(C)cc1C)C(=O)N2. The molecular weight excluding hydrogens is 314 g/mol. The van der Waals surface area contributed by atoms with Crippen LogP contribution in [0.4, 0.5) is 5.69 Å². The second-order valence-electron chi connectivity index (χ2n) is 5.39. The first-order chi connectivity index (χ1) is 11.0. The molecule has 7 heteroatoms. The van der Waals surface area contributed by atoms with E-state index in [9.17, 15) is 9.59 Å². The third-order valence-electron chi connectivity index (χ3n) is 3.61. The Morgan fingerprint density at radius 3 is 2.83 bits per heavy atom. The normalized spacial score (nSPS) is 16.7. The number of methoxy groups -OCH3 is 1. The summed E-state index contributed by atoms with van der Waals surface area (Å²) in [5.41, 5.74) is 2.30. The van der Waals surface area contributed by atoms with Gasteiger partial charge in [-0.2, -0.15) is 5.10 Å². The number of amides is 1. The zero-order valence-electron chi connectivity index (χ0n) is 13.1. The van der Waals surface area contributed by atoms with Crippen molar-refractivity contribution in [2.24, 2.45) is 0 Å². The van der Waals surface area contributed by atoms with Gasteiger partial charge in [-0.05, 0) is 38.1 Å². The van der Waals surface area contributed by atoms with Crippen LogP contribution in [-0.2, 0) is 4.79 Å². The van der Waals surface area contributed by atoms with Crippen molar-refractivity contribution < 1.29 is 14.3 Å². The Kier molecular flexibility index (Phi) is 4.12. The van der Waals surface area contributed by atoms with E-state index in [1.807, 2.05) is 26.0 Å². The molecule has 1 aliphatic heterocycles. The van der Waals surface area contributed by atoms with Crippen LogP contribution >= 0.6 is 11.8 Å². The number of aromatic nitrogens is 2. The molecule has 2 heterocycles. The largest absolute Gasteiger partial charge is 0.497 e. The van der Waals surface area contributed by atoms with Crippen molar-refractivity contribution in [3.05, 3.63) is 35.7 Å². The van der Waals surface area contributed by atoms with E-state index in [1.54, 1.807) is 19.2 Å². The van der Waals surface area contributed by atoms with Gasteiger partial charge in [0.15, 0.2) is 0 Å². The molecule has 0 fully saturated rings. The first-order valence-corrected chi connectivity index (χ1v) is 8.08. The van der Waals surface area contributed by atoms with Gasteiger partial charge in [0.25, 0.3) is 0 Å². The van der Waals surface area contributed by atoms with Gasteiger partial charge >= 0.3 is 0 Å². The van der Waals surface area contributed by atoms with Gasteiger partial charge in [0.1, 0.15) is 5.75 Å². The minimum atomic E-state index is -0.481. The maximum absolute atomic E-state index is 12.4. The van der Waals surface area contributed by atoms with Crippen molar-refractivity contribution in [3.63, 3.8) is 0 Å². The van der Waals surface area contributed by atoms with Gasteiger partial charge in [0, 0.05) is 10.6 Å². The van der Waals surface area contributed by atoms with Crippen LogP contribution in [0.15, 0.2) is 29.2 Å². The molecule has 0 bridgehead atoms. The smallest absolute Gasteiger partial charge is 0.248 e. The molecule has 1 atom stereocenters. The Morgan fingerprint density at radius 2 is 2.17 bits per heavy atom. The van der Waals surface area contributed by atoms with Crippen molar-refractivity contribution in [3.8, 4) is 5.75 Å². The number of thioether (sulfide) groups is 1. The van der Waals surface area contributed by atoms with E-state index < -0.39 is 5.25 Å². The van der Waals surface area contributed by atoms with Crippen molar-refractivity contribution >= 4 is 29.3 Å². The average Bonchev–Trinajstić information content (AvgIpc) is 2.86. The molecule has 0 saturated heterocycles. The van der Waals surface area contributed by atoms with Gasteiger partial charge in [-0.3, -0.25) is 9.59 Å². The van der Waals surface area contributed by atoms with Crippen molar-refractivity contribution in [1.29, 1.82) is 0 Å². The summed E-state index contributed by atoms with van der Waals surface area (Å²) in [6.07, 6.45) is 0.0924. The molecule has 1 aromatic heterocycles. The van der Waals surface area contributed by atoms with E-state index in [0.29, 0.717) is 0 Å². The van der Waals surface area contributed by atoms with E-state index in [4.69, 9.17) is 4.74 Å². The highest BCUT2D eigenvalue weighted by atomic mass is 32.2. The van der Waals surface area contributed by atoms with E-state index >= 15 is 0 Å². The molecule has 0 aliphatic carbocycles. The van der Waals surface area contributed by atoms with E-state index in [-0.39, 0.29) is 18.2 Å². The van der Waals surface area contributed by atoms with E-state index in [2.05, 4.69) is 10.4 Å². The fraction of sp³-hybridized carbons (Fsp3) is 0.312. The second kappa shape index (κ2) is 6.08. The number of nitrogens with one attached hydrogen (secondary N) is 1. The maximum atomic E-state index is 12.4. The topological polar surface area (TPSA) is 73.2 Å². The number of anilines is 1. The molecule has 2 aromatic rings. The molecule has 120 valence electrons. The third kappa shape index (κ3) is 3.10. The highest BCUT2D eigenvalue weighted by Crippen LogP contribution is 2.39. The maximum Gasteiger partial charge on any atom is 0.248 e. The Bertz CT molecular complexity index is 785. The summed E-state index contributed by atoms with van der Waals surface area (Å²) in [5.74, 6) is 0.369. The first kappa shape index (κ1) is 15.6. The number of fused-ring (bicyclic) bond motifs is 1. The van der Waals surface area contributed by atoms with Gasteiger partial charge < -0.3 is 10.1 Å². The van der Waals surface area contributed by atoms with Crippen LogP contribution in [0.3, 0.4) is 0 Å². The lowest BCUT2D eigenvalue weighted by Crippen LogP contribution is -2.32. The second-order valence-corrected chi connectivity index (χ2v) is 6.64. The highest BCUT2D eigenvalue weighted by Gasteiger charge is 2.30. The lowest BCUT2D eigenvalue weighted by atomic mass is 10.2. The Morgan fingerprint density at radius 1 is 1.39 bits per heavy atom. The van der Waals surface area contributed by atoms with Crippen LogP contribution in [-0.4, -0.2) is 34.0 Å². The van der Waals surface area contributed by atoms with Gasteiger partial charge in [-0.1, -0.05) is 0 Å². The van der Waals surface area contributed by atoms with Gasteiger partial charge in [0.05, 0.1) is 30.2 Å². The first-order valence-electron chi connectivity index (χ1n) is 7.20. The molecule has 1 aromatic carbocycles. The minimum absolute atomic E-state index is 0.0924. The Balaban J connectivity index is 1.79. The molecule has 1 aliphatic rings.